The van der Waals surface area contributed by atoms with Crippen LogP contribution in [0.5, 0.6) is 0 Å². The number of anilines is 2. The van der Waals surface area contributed by atoms with Crippen molar-refractivity contribution < 1.29 is 4.79 Å². The first-order valence-electron chi connectivity index (χ1n) is 5.06. The van der Waals surface area contributed by atoms with Crippen molar-refractivity contribution in [3.63, 3.8) is 0 Å². The van der Waals surface area contributed by atoms with E-state index in [-0.39, 0.29) is 11.7 Å². The average Bonchev–Trinajstić information content (AvgIpc) is 2.92. The molecule has 0 radical (unpaired) electrons. The summed E-state index contributed by atoms with van der Waals surface area (Å²) in [5, 5.41) is 8.43. The van der Waals surface area contributed by atoms with Crippen LogP contribution in [0, 0.1) is 0 Å². The van der Waals surface area contributed by atoms with E-state index in [4.69, 9.17) is 5.73 Å². The molecule has 0 atom stereocenters. The molecule has 0 aliphatic heterocycles. The lowest BCUT2D eigenvalue weighted by atomic mass is 10.3. The number of hydrogen-bond donors (Lipinski definition) is 3. The molecule has 0 fully saturated rings. The molecule has 0 aliphatic rings. The van der Waals surface area contributed by atoms with Crippen LogP contribution in [0.1, 0.15) is 15.2 Å². The predicted octanol–water partition coefficient (Wildman–Crippen LogP) is 2.52. The van der Waals surface area contributed by atoms with Crippen molar-refractivity contribution in [1.29, 1.82) is 0 Å². The number of aromatic nitrogens is 1. The quantitative estimate of drug-likeness (QED) is 0.794. The molecular weight excluding hydrogens is 336 g/mol. The molecule has 5 nitrogen and oxygen atoms in total. The second-order valence-electron chi connectivity index (χ2n) is 3.40. The summed E-state index contributed by atoms with van der Waals surface area (Å²) in [5.74, 6) is 0.0288. The maximum absolute atomic E-state index is 11.7. The average molecular weight is 347 g/mol. The minimum Gasteiger partial charge on any atom is -0.382 e. The van der Waals surface area contributed by atoms with E-state index < -0.39 is 0 Å². The molecule has 1 amide bonds. The minimum absolute atomic E-state index is 0.228. The van der Waals surface area contributed by atoms with Crippen LogP contribution in [0.4, 0.5) is 10.8 Å². The molecule has 0 aliphatic carbocycles. The highest BCUT2D eigenvalue weighted by Gasteiger charge is 2.18. The van der Waals surface area contributed by atoms with E-state index in [0.717, 1.165) is 9.35 Å². The molecule has 0 saturated heterocycles. The summed E-state index contributed by atoms with van der Waals surface area (Å²) in [6.45, 7) is 0.629. The van der Waals surface area contributed by atoms with Gasteiger partial charge in [-0.05, 0) is 38.9 Å². The largest absolute Gasteiger partial charge is 0.382 e. The summed E-state index contributed by atoms with van der Waals surface area (Å²) in [5.41, 5.74) is 6.10. The molecule has 18 heavy (non-hydrogen) atoms. The summed E-state index contributed by atoms with van der Waals surface area (Å²) in [4.78, 5) is 12.8. The summed E-state index contributed by atoms with van der Waals surface area (Å²) < 4.78 is 5.05. The zero-order chi connectivity index (χ0) is 13.1. The lowest BCUT2D eigenvalue weighted by Crippen LogP contribution is -2.19. The number of nitrogen functional groups attached to an aromatic ring is 1. The van der Waals surface area contributed by atoms with Gasteiger partial charge in [-0.15, -0.1) is 11.3 Å². The van der Waals surface area contributed by atoms with Crippen molar-refractivity contribution in [2.45, 2.75) is 6.54 Å². The Morgan fingerprint density at radius 2 is 2.39 bits per heavy atom. The van der Waals surface area contributed by atoms with Crippen LogP contribution in [0.25, 0.3) is 0 Å². The van der Waals surface area contributed by atoms with Crippen LogP contribution in [0.15, 0.2) is 15.9 Å². The zero-order valence-electron chi connectivity index (χ0n) is 9.49. The normalized spacial score (nSPS) is 10.3. The summed E-state index contributed by atoms with van der Waals surface area (Å²) in [7, 11) is 1.57. The molecule has 2 heterocycles. The van der Waals surface area contributed by atoms with Crippen LogP contribution in [-0.4, -0.2) is 17.3 Å². The van der Waals surface area contributed by atoms with Crippen LogP contribution < -0.4 is 16.4 Å². The Labute approximate surface area is 121 Å². The molecule has 0 unspecified atom stereocenters. The van der Waals surface area contributed by atoms with E-state index in [1.54, 1.807) is 18.4 Å². The monoisotopic (exact) mass is 346 g/mol. The highest BCUT2D eigenvalue weighted by Crippen LogP contribution is 2.29. The third-order valence-corrected chi connectivity index (χ3v) is 5.02. The Bertz CT molecular complexity index is 566. The van der Waals surface area contributed by atoms with Crippen molar-refractivity contribution >= 4 is 55.5 Å². The van der Waals surface area contributed by atoms with Gasteiger partial charge in [-0.2, -0.15) is 4.37 Å². The first-order chi connectivity index (χ1) is 8.63. The third kappa shape index (κ3) is 2.65. The molecule has 2 rings (SSSR count). The van der Waals surface area contributed by atoms with Gasteiger partial charge in [-0.1, -0.05) is 0 Å². The number of nitrogens with zero attached hydrogens (tertiary/aromatic N) is 1. The number of nitrogens with one attached hydrogen (secondary N) is 2. The van der Waals surface area contributed by atoms with E-state index in [1.807, 2.05) is 11.4 Å². The van der Waals surface area contributed by atoms with Crippen LogP contribution >= 0.6 is 38.8 Å². The van der Waals surface area contributed by atoms with Gasteiger partial charge in [-0.3, -0.25) is 4.79 Å². The molecule has 0 spiro atoms. The van der Waals surface area contributed by atoms with Crippen molar-refractivity contribution in [1.82, 2.24) is 9.69 Å². The molecule has 8 heteroatoms. The maximum atomic E-state index is 11.7. The number of halogens is 1. The summed E-state index contributed by atoms with van der Waals surface area (Å²) in [6.07, 6.45) is 0. The fourth-order valence-corrected chi connectivity index (χ4v) is 3.52. The zero-order valence-corrected chi connectivity index (χ0v) is 12.7. The molecule has 4 N–H and O–H groups in total. The summed E-state index contributed by atoms with van der Waals surface area (Å²) in [6, 6.07) is 1.99. The molecule has 96 valence electrons. The first-order valence-corrected chi connectivity index (χ1v) is 7.51. The molecule has 0 aromatic carbocycles. The number of amides is 1. The fraction of sp³-hybridized carbons (Fsp3) is 0.200. The van der Waals surface area contributed by atoms with Crippen LogP contribution in [0.3, 0.4) is 0 Å². The van der Waals surface area contributed by atoms with Gasteiger partial charge >= 0.3 is 0 Å². The highest BCUT2D eigenvalue weighted by molar-refractivity contribution is 9.10. The van der Waals surface area contributed by atoms with E-state index in [9.17, 15) is 4.79 Å². The number of carbonyl (C=O) groups is 1. The van der Waals surface area contributed by atoms with Gasteiger partial charge in [0.1, 0.15) is 10.6 Å². The molecule has 0 saturated carbocycles. The second kappa shape index (κ2) is 5.68. The van der Waals surface area contributed by atoms with E-state index in [1.165, 1.54) is 11.5 Å². The van der Waals surface area contributed by atoms with E-state index in [0.29, 0.717) is 17.1 Å². The first kappa shape index (κ1) is 13.3. The van der Waals surface area contributed by atoms with Gasteiger partial charge in [0, 0.05) is 16.4 Å². The van der Waals surface area contributed by atoms with Crippen molar-refractivity contribution in [2.75, 3.05) is 18.1 Å². The number of nitrogens with two attached hydrogens (primary N) is 1. The van der Waals surface area contributed by atoms with E-state index in [2.05, 4.69) is 30.9 Å². The molecule has 2 aromatic rings. The lowest BCUT2D eigenvalue weighted by molar-refractivity contribution is 0.0965. The number of carbonyl (C=O) groups excluding carboxylic acids is 1. The van der Waals surface area contributed by atoms with Gasteiger partial charge in [0.15, 0.2) is 5.82 Å². The molecular formula is C10H11BrN4OS2. The maximum Gasteiger partial charge on any atom is 0.257 e. The van der Waals surface area contributed by atoms with Crippen molar-refractivity contribution in [3.05, 3.63) is 26.4 Å². The van der Waals surface area contributed by atoms with Gasteiger partial charge in [0.05, 0.1) is 6.54 Å². The lowest BCUT2D eigenvalue weighted by Gasteiger charge is -2.05. The van der Waals surface area contributed by atoms with Crippen molar-refractivity contribution in [2.24, 2.45) is 0 Å². The second-order valence-corrected chi connectivity index (χ2v) is 6.02. The highest BCUT2D eigenvalue weighted by atomic mass is 79.9. The SMILES string of the molecule is CNC(=O)c1c(N)nsc1NCc1sccc1Br. The van der Waals surface area contributed by atoms with Crippen LogP contribution in [0.2, 0.25) is 0 Å². The molecule has 0 bridgehead atoms. The number of thiophene rings is 1. The molecule has 2 aromatic heterocycles. The standard InChI is InChI=1S/C10H11BrN4OS2/c1-13-9(16)7-8(12)15-18-10(7)14-4-6-5(11)2-3-17-6/h2-3,14H,4H2,1H3,(H2,12,15)(H,13,16). The smallest absolute Gasteiger partial charge is 0.257 e. The van der Waals surface area contributed by atoms with Crippen LogP contribution in [-0.2, 0) is 6.54 Å². The van der Waals surface area contributed by atoms with E-state index >= 15 is 0 Å². The fourth-order valence-electron chi connectivity index (χ4n) is 1.38. The van der Waals surface area contributed by atoms with Gasteiger partial charge < -0.3 is 16.4 Å². The Hall–Kier alpha value is -1.12. The van der Waals surface area contributed by atoms with Gasteiger partial charge in [-0.25, -0.2) is 0 Å². The summed E-state index contributed by atoms with van der Waals surface area (Å²) >= 11 is 6.29. The Kier molecular flexibility index (Phi) is 4.20. The van der Waals surface area contributed by atoms with Gasteiger partial charge in [0.2, 0.25) is 0 Å². The Morgan fingerprint density at radius 1 is 1.61 bits per heavy atom. The topological polar surface area (TPSA) is 80.0 Å². The Morgan fingerprint density at radius 3 is 3.00 bits per heavy atom. The Balaban J connectivity index is 2.15. The predicted molar refractivity (Wildman–Crippen MR) is 79.3 cm³/mol. The minimum atomic E-state index is -0.228. The number of hydrogen-bond acceptors (Lipinski definition) is 6. The number of rotatable bonds is 4. The third-order valence-electron chi connectivity index (χ3n) is 2.27. The van der Waals surface area contributed by atoms with Gasteiger partial charge in [0.25, 0.3) is 5.91 Å². The van der Waals surface area contributed by atoms with Crippen molar-refractivity contribution in [3.8, 4) is 0 Å².